The number of amides is 1. The van der Waals surface area contributed by atoms with Crippen molar-refractivity contribution in [2.75, 3.05) is 7.05 Å². The van der Waals surface area contributed by atoms with Crippen LogP contribution in [0.25, 0.3) is 11.8 Å². The third-order valence-electron chi connectivity index (χ3n) is 6.08. The van der Waals surface area contributed by atoms with Crippen molar-refractivity contribution in [3.63, 3.8) is 0 Å². The molecular weight excluding hydrogens is 560 g/mol. The van der Waals surface area contributed by atoms with Crippen LogP contribution < -0.4 is 5.32 Å². The van der Waals surface area contributed by atoms with Crippen LogP contribution in [0.5, 0.6) is 0 Å². The number of hydrogen-bond donors (Lipinski definition) is 1. The van der Waals surface area contributed by atoms with E-state index in [9.17, 15) is 18.0 Å². The quantitative estimate of drug-likeness (QED) is 0.300. The Hall–Kier alpha value is -2.97. The second-order valence-electron chi connectivity index (χ2n) is 8.72. The lowest BCUT2D eigenvalue weighted by Gasteiger charge is -2.31. The van der Waals surface area contributed by atoms with E-state index in [-0.39, 0.29) is 33.8 Å². The van der Waals surface area contributed by atoms with Gasteiger partial charge in [-0.05, 0) is 66.1 Å². The maximum atomic E-state index is 14.4. The molecule has 1 N–H and O–H groups in total. The van der Waals surface area contributed by atoms with E-state index < -0.39 is 11.8 Å². The van der Waals surface area contributed by atoms with Crippen LogP contribution in [0.3, 0.4) is 0 Å². The van der Waals surface area contributed by atoms with Crippen LogP contribution in [-0.2, 0) is 21.8 Å². The molecule has 0 spiro atoms. The number of carbonyl (C=O) groups is 1. The lowest BCUT2D eigenvalue weighted by molar-refractivity contribution is -0.308. The number of carbonyl (C=O) groups excluding carboxylic acids is 1. The zero-order valence-corrected chi connectivity index (χ0v) is 22.5. The Morgan fingerprint density at radius 1 is 1.05 bits per heavy atom. The van der Waals surface area contributed by atoms with Gasteiger partial charge in [-0.25, -0.2) is 4.84 Å². The van der Waals surface area contributed by atoms with Gasteiger partial charge >= 0.3 is 6.18 Å². The molecule has 1 amide bonds. The Morgan fingerprint density at radius 2 is 1.74 bits per heavy atom. The van der Waals surface area contributed by atoms with Crippen LogP contribution in [-0.4, -0.2) is 24.2 Å². The minimum atomic E-state index is -4.80. The van der Waals surface area contributed by atoms with E-state index in [1.807, 2.05) is 13.0 Å². The number of benzene rings is 3. The highest BCUT2D eigenvalue weighted by Crippen LogP contribution is 2.51. The molecule has 198 valence electrons. The number of hydrogen-bond acceptors (Lipinski definition) is 3. The van der Waals surface area contributed by atoms with Gasteiger partial charge in [-0.2, -0.15) is 13.2 Å². The molecule has 1 heterocycles. The summed E-state index contributed by atoms with van der Waals surface area (Å²) in [5.74, 6) is -0.310. The molecule has 4 rings (SSSR count). The SMILES string of the molecule is Cc1cc(C2=CC(c3cc(Cl)cc(Cl)c3)(C(F)(F)F)ON2C)ccc1CNC(=O)/C=C/c1ccccc1Cl. The molecule has 0 saturated heterocycles. The number of nitrogens with one attached hydrogen (secondary N) is 1. The molecule has 38 heavy (non-hydrogen) atoms. The average Bonchev–Trinajstić information content (AvgIpc) is 3.21. The van der Waals surface area contributed by atoms with Crippen molar-refractivity contribution in [3.05, 3.63) is 116 Å². The number of nitrogens with zero attached hydrogens (tertiary/aromatic N) is 1. The van der Waals surface area contributed by atoms with Crippen molar-refractivity contribution in [3.8, 4) is 0 Å². The minimum Gasteiger partial charge on any atom is -0.348 e. The third kappa shape index (κ3) is 5.86. The van der Waals surface area contributed by atoms with Crippen LogP contribution in [0.4, 0.5) is 13.2 Å². The van der Waals surface area contributed by atoms with Gasteiger partial charge in [-0.15, -0.1) is 0 Å². The first-order chi connectivity index (χ1) is 17.9. The van der Waals surface area contributed by atoms with Gasteiger partial charge in [0.25, 0.3) is 0 Å². The minimum absolute atomic E-state index is 0.0631. The van der Waals surface area contributed by atoms with E-state index in [1.165, 1.54) is 31.3 Å². The van der Waals surface area contributed by atoms with E-state index in [2.05, 4.69) is 5.32 Å². The van der Waals surface area contributed by atoms with Crippen molar-refractivity contribution in [1.82, 2.24) is 10.4 Å². The normalized spacial score (nSPS) is 17.7. The maximum absolute atomic E-state index is 14.4. The summed E-state index contributed by atoms with van der Waals surface area (Å²) in [6.45, 7) is 2.05. The number of halogens is 6. The Kier molecular flexibility index (Phi) is 8.14. The summed E-state index contributed by atoms with van der Waals surface area (Å²) in [5, 5.41) is 4.54. The molecule has 4 nitrogen and oxygen atoms in total. The van der Waals surface area contributed by atoms with E-state index >= 15 is 0 Å². The standard InChI is InChI=1S/C28H22Cl3F3N2O2/c1-17-11-19(7-8-20(17)16-35-26(37)10-9-18-5-3-4-6-24(18)31)25-15-27(28(32,33)34,38-36(25)2)21-12-22(29)14-23(30)13-21/h3-15H,16H2,1-2H3,(H,35,37)/b10-9+. The lowest BCUT2D eigenvalue weighted by atomic mass is 9.91. The molecule has 0 bridgehead atoms. The fourth-order valence-corrected chi connectivity index (χ4v) is 4.84. The molecule has 0 saturated carbocycles. The van der Waals surface area contributed by atoms with Crippen LogP contribution in [0.2, 0.25) is 15.1 Å². The highest BCUT2D eigenvalue weighted by atomic mass is 35.5. The smallest absolute Gasteiger partial charge is 0.348 e. The predicted octanol–water partition coefficient (Wildman–Crippen LogP) is 7.96. The molecule has 1 atom stereocenters. The summed E-state index contributed by atoms with van der Waals surface area (Å²) in [4.78, 5) is 17.7. The van der Waals surface area contributed by atoms with Crippen LogP contribution in [0.15, 0.2) is 72.8 Å². The fraction of sp³-hybridized carbons (Fsp3) is 0.179. The highest BCUT2D eigenvalue weighted by molar-refractivity contribution is 6.34. The van der Waals surface area contributed by atoms with Crippen molar-refractivity contribution >= 4 is 52.5 Å². The highest BCUT2D eigenvalue weighted by Gasteiger charge is 2.60. The molecule has 0 fully saturated rings. The van der Waals surface area contributed by atoms with Crippen molar-refractivity contribution < 1.29 is 22.8 Å². The molecule has 0 radical (unpaired) electrons. The van der Waals surface area contributed by atoms with Gasteiger partial charge in [-0.1, -0.05) is 65.1 Å². The number of alkyl halides is 3. The van der Waals surface area contributed by atoms with Gasteiger partial charge in [0.05, 0.1) is 5.70 Å². The van der Waals surface area contributed by atoms with Gasteiger partial charge in [-0.3, -0.25) is 9.86 Å². The van der Waals surface area contributed by atoms with Crippen LogP contribution >= 0.6 is 34.8 Å². The van der Waals surface area contributed by atoms with Crippen LogP contribution in [0, 0.1) is 6.92 Å². The van der Waals surface area contributed by atoms with E-state index in [0.29, 0.717) is 10.6 Å². The lowest BCUT2D eigenvalue weighted by Crippen LogP contribution is -2.42. The molecule has 10 heteroatoms. The summed E-state index contributed by atoms with van der Waals surface area (Å²) < 4.78 is 43.2. The second-order valence-corrected chi connectivity index (χ2v) is 10.0. The topological polar surface area (TPSA) is 41.6 Å². The first-order valence-corrected chi connectivity index (χ1v) is 12.5. The van der Waals surface area contributed by atoms with Gasteiger partial charge in [0.15, 0.2) is 0 Å². The zero-order chi connectivity index (χ0) is 27.7. The largest absolute Gasteiger partial charge is 0.428 e. The van der Waals surface area contributed by atoms with E-state index in [0.717, 1.165) is 27.8 Å². The fourth-order valence-electron chi connectivity index (χ4n) is 4.11. The summed E-state index contributed by atoms with van der Waals surface area (Å²) in [5.41, 5.74) is 0.0424. The Morgan fingerprint density at radius 3 is 2.37 bits per heavy atom. The maximum Gasteiger partial charge on any atom is 0.428 e. The molecule has 1 aliphatic heterocycles. The Labute approximate surface area is 233 Å². The van der Waals surface area contributed by atoms with Crippen LogP contribution in [0.1, 0.15) is 27.8 Å². The molecular formula is C28H22Cl3F3N2O2. The summed E-state index contributed by atoms with van der Waals surface area (Å²) in [6.07, 6.45) is -0.770. The average molecular weight is 582 g/mol. The molecule has 0 aromatic heterocycles. The zero-order valence-electron chi connectivity index (χ0n) is 20.2. The van der Waals surface area contributed by atoms with Gasteiger partial charge in [0, 0.05) is 45.9 Å². The first-order valence-electron chi connectivity index (χ1n) is 11.4. The number of hydroxylamine groups is 2. The summed E-state index contributed by atoms with van der Waals surface area (Å²) in [7, 11) is 1.40. The van der Waals surface area contributed by atoms with Gasteiger partial charge < -0.3 is 5.32 Å². The summed E-state index contributed by atoms with van der Waals surface area (Å²) >= 11 is 18.1. The Balaban J connectivity index is 1.56. The monoisotopic (exact) mass is 580 g/mol. The second kappa shape index (κ2) is 11.0. The van der Waals surface area contributed by atoms with E-state index in [4.69, 9.17) is 39.6 Å². The first kappa shape index (κ1) is 28.0. The molecule has 3 aromatic rings. The molecule has 1 aliphatic rings. The Bertz CT molecular complexity index is 1420. The van der Waals surface area contributed by atoms with Gasteiger partial charge in [0.1, 0.15) is 0 Å². The third-order valence-corrected chi connectivity index (χ3v) is 6.86. The molecule has 0 aliphatic carbocycles. The molecule has 3 aromatic carbocycles. The molecule has 1 unspecified atom stereocenters. The number of rotatable bonds is 6. The van der Waals surface area contributed by atoms with E-state index in [1.54, 1.807) is 42.5 Å². The van der Waals surface area contributed by atoms with Crippen molar-refractivity contribution in [2.24, 2.45) is 0 Å². The van der Waals surface area contributed by atoms with Gasteiger partial charge in [0.2, 0.25) is 11.5 Å². The summed E-state index contributed by atoms with van der Waals surface area (Å²) in [6, 6.07) is 16.0. The number of aryl methyl sites for hydroxylation is 1. The van der Waals surface area contributed by atoms with Crippen molar-refractivity contribution in [1.29, 1.82) is 0 Å². The van der Waals surface area contributed by atoms with Crippen molar-refractivity contribution in [2.45, 2.75) is 25.2 Å². The predicted molar refractivity (Wildman–Crippen MR) is 145 cm³/mol.